The lowest BCUT2D eigenvalue weighted by molar-refractivity contribution is -0.121. The summed E-state index contributed by atoms with van der Waals surface area (Å²) in [6, 6.07) is 18.1. The maximum Gasteiger partial charge on any atom is 0.226 e. The van der Waals surface area contributed by atoms with Crippen LogP contribution in [0.15, 0.2) is 70.7 Å². The molecule has 2 aromatic heterocycles. The number of hydrogen-bond acceptors (Lipinski definition) is 4. The van der Waals surface area contributed by atoms with E-state index in [2.05, 4.69) is 40.6 Å². The SMILES string of the molecule is CC(NC(=O)Cc1csc(-c2ccco2)n1)c1ccc2ccccc2c1. The number of nitrogens with zero attached hydrogens (tertiary/aromatic N) is 1. The van der Waals surface area contributed by atoms with Gasteiger partial charge >= 0.3 is 0 Å². The second-order valence-electron chi connectivity index (χ2n) is 6.19. The number of carbonyl (C=O) groups is 1. The third-order valence-corrected chi connectivity index (χ3v) is 5.18. The van der Waals surface area contributed by atoms with Gasteiger partial charge in [0.2, 0.25) is 5.91 Å². The third kappa shape index (κ3) is 3.53. The van der Waals surface area contributed by atoms with Crippen molar-refractivity contribution < 1.29 is 9.21 Å². The monoisotopic (exact) mass is 362 g/mol. The van der Waals surface area contributed by atoms with Crippen LogP contribution in [0.5, 0.6) is 0 Å². The van der Waals surface area contributed by atoms with Crippen molar-refractivity contribution >= 4 is 28.0 Å². The van der Waals surface area contributed by atoms with E-state index >= 15 is 0 Å². The van der Waals surface area contributed by atoms with Gasteiger partial charge in [0.05, 0.1) is 24.4 Å². The lowest BCUT2D eigenvalue weighted by Crippen LogP contribution is -2.28. The minimum absolute atomic E-state index is 0.0399. The topological polar surface area (TPSA) is 55.1 Å². The second-order valence-corrected chi connectivity index (χ2v) is 7.05. The van der Waals surface area contributed by atoms with Crippen LogP contribution in [0.25, 0.3) is 21.5 Å². The summed E-state index contributed by atoms with van der Waals surface area (Å²) in [4.78, 5) is 16.9. The molecule has 1 unspecified atom stereocenters. The molecular formula is C21H18N2O2S. The van der Waals surface area contributed by atoms with E-state index in [-0.39, 0.29) is 18.4 Å². The van der Waals surface area contributed by atoms with Crippen molar-refractivity contribution in [2.45, 2.75) is 19.4 Å². The number of hydrogen-bond donors (Lipinski definition) is 1. The Kier molecular flexibility index (Phi) is 4.54. The first-order chi connectivity index (χ1) is 12.7. The number of aromatic nitrogens is 1. The first-order valence-corrected chi connectivity index (χ1v) is 9.33. The minimum atomic E-state index is -0.0599. The van der Waals surface area contributed by atoms with Crippen LogP contribution in [-0.2, 0) is 11.2 Å². The maximum absolute atomic E-state index is 12.4. The molecule has 0 aliphatic carbocycles. The van der Waals surface area contributed by atoms with Crippen molar-refractivity contribution in [2.75, 3.05) is 0 Å². The normalized spacial score (nSPS) is 12.2. The average Bonchev–Trinajstić information content (AvgIpc) is 3.32. The van der Waals surface area contributed by atoms with Gasteiger partial charge < -0.3 is 9.73 Å². The predicted octanol–water partition coefficient (Wildman–Crippen LogP) is 4.98. The molecule has 4 aromatic rings. The van der Waals surface area contributed by atoms with E-state index in [0.717, 1.165) is 22.0 Å². The third-order valence-electron chi connectivity index (χ3n) is 4.28. The average molecular weight is 362 g/mol. The van der Waals surface area contributed by atoms with Crippen LogP contribution in [0.4, 0.5) is 0 Å². The summed E-state index contributed by atoms with van der Waals surface area (Å²) in [7, 11) is 0. The van der Waals surface area contributed by atoms with Crippen LogP contribution in [0.1, 0.15) is 24.2 Å². The molecule has 5 heteroatoms. The smallest absolute Gasteiger partial charge is 0.226 e. The van der Waals surface area contributed by atoms with Crippen LogP contribution in [0.2, 0.25) is 0 Å². The molecule has 0 saturated carbocycles. The molecule has 4 rings (SSSR count). The number of carbonyl (C=O) groups excluding carboxylic acids is 1. The number of amides is 1. The number of furan rings is 1. The molecule has 0 spiro atoms. The molecule has 2 aromatic carbocycles. The number of thiazole rings is 1. The number of fused-ring (bicyclic) bond motifs is 1. The van der Waals surface area contributed by atoms with E-state index in [1.54, 1.807) is 6.26 Å². The second kappa shape index (κ2) is 7.14. The molecule has 1 amide bonds. The van der Waals surface area contributed by atoms with Gasteiger partial charge in [-0.3, -0.25) is 4.79 Å². The van der Waals surface area contributed by atoms with Gasteiger partial charge in [-0.1, -0.05) is 36.4 Å². The zero-order valence-electron chi connectivity index (χ0n) is 14.3. The first-order valence-electron chi connectivity index (χ1n) is 8.45. The summed E-state index contributed by atoms with van der Waals surface area (Å²) in [6.45, 7) is 2.00. The molecule has 4 nitrogen and oxygen atoms in total. The van der Waals surface area contributed by atoms with Crippen molar-refractivity contribution in [1.29, 1.82) is 0 Å². The van der Waals surface area contributed by atoms with E-state index in [9.17, 15) is 4.79 Å². The maximum atomic E-state index is 12.4. The Morgan fingerprint density at radius 3 is 2.81 bits per heavy atom. The van der Waals surface area contributed by atoms with Gasteiger partial charge in [-0.25, -0.2) is 4.98 Å². The zero-order valence-corrected chi connectivity index (χ0v) is 15.1. The Bertz CT molecular complexity index is 1040. The van der Waals surface area contributed by atoms with Gasteiger partial charge in [-0.2, -0.15) is 0 Å². The Morgan fingerprint density at radius 1 is 1.15 bits per heavy atom. The van der Waals surface area contributed by atoms with E-state index in [1.165, 1.54) is 22.1 Å². The van der Waals surface area contributed by atoms with Crippen LogP contribution in [0.3, 0.4) is 0 Å². The minimum Gasteiger partial charge on any atom is -0.462 e. The van der Waals surface area contributed by atoms with E-state index < -0.39 is 0 Å². The van der Waals surface area contributed by atoms with Gasteiger partial charge in [0.15, 0.2) is 10.8 Å². The molecule has 1 atom stereocenters. The van der Waals surface area contributed by atoms with Gasteiger partial charge in [0.1, 0.15) is 0 Å². The highest BCUT2D eigenvalue weighted by Gasteiger charge is 2.13. The van der Waals surface area contributed by atoms with Crippen molar-refractivity contribution in [3.05, 3.63) is 77.5 Å². The lowest BCUT2D eigenvalue weighted by Gasteiger charge is -2.14. The highest BCUT2D eigenvalue weighted by molar-refractivity contribution is 7.13. The summed E-state index contributed by atoms with van der Waals surface area (Å²) in [5, 5.41) is 8.12. The highest BCUT2D eigenvalue weighted by Crippen LogP contribution is 2.24. The fraction of sp³-hybridized carbons (Fsp3) is 0.143. The van der Waals surface area contributed by atoms with E-state index in [1.807, 2.05) is 36.6 Å². The highest BCUT2D eigenvalue weighted by atomic mass is 32.1. The molecule has 0 bridgehead atoms. The fourth-order valence-corrected chi connectivity index (χ4v) is 3.71. The Hall–Kier alpha value is -2.92. The Morgan fingerprint density at radius 2 is 2.00 bits per heavy atom. The molecule has 2 heterocycles. The summed E-state index contributed by atoms with van der Waals surface area (Å²) in [6.07, 6.45) is 1.88. The van der Waals surface area contributed by atoms with Crippen molar-refractivity contribution in [2.24, 2.45) is 0 Å². The van der Waals surface area contributed by atoms with Gasteiger partial charge in [-0.15, -0.1) is 11.3 Å². The Balaban J connectivity index is 1.42. The van der Waals surface area contributed by atoms with Crippen molar-refractivity contribution in [1.82, 2.24) is 10.3 Å². The van der Waals surface area contributed by atoms with Crippen LogP contribution in [0, 0.1) is 0 Å². The molecule has 0 aliphatic rings. The summed E-state index contributed by atoms with van der Waals surface area (Å²) in [5.41, 5.74) is 1.84. The standard InChI is InChI=1S/C21H18N2O2S/c1-14(16-9-8-15-5-2-3-6-17(15)11-16)22-20(24)12-18-13-26-21(23-18)19-7-4-10-25-19/h2-11,13-14H,12H2,1H3,(H,22,24). The molecule has 0 fully saturated rings. The molecular weight excluding hydrogens is 344 g/mol. The van der Waals surface area contributed by atoms with Crippen LogP contribution in [-0.4, -0.2) is 10.9 Å². The quantitative estimate of drug-likeness (QED) is 0.545. The number of nitrogens with one attached hydrogen (secondary N) is 1. The summed E-state index contributed by atoms with van der Waals surface area (Å²) in [5.74, 6) is 0.688. The lowest BCUT2D eigenvalue weighted by atomic mass is 10.0. The molecule has 130 valence electrons. The van der Waals surface area contributed by atoms with Crippen LogP contribution >= 0.6 is 11.3 Å². The summed E-state index contributed by atoms with van der Waals surface area (Å²) >= 11 is 1.48. The Labute approximate surface area is 155 Å². The van der Waals surface area contributed by atoms with E-state index in [0.29, 0.717) is 0 Å². The van der Waals surface area contributed by atoms with Crippen molar-refractivity contribution in [3.63, 3.8) is 0 Å². The molecule has 1 N–H and O–H groups in total. The van der Waals surface area contributed by atoms with Gasteiger partial charge in [0.25, 0.3) is 0 Å². The first kappa shape index (κ1) is 16.5. The molecule has 0 saturated heterocycles. The molecule has 26 heavy (non-hydrogen) atoms. The van der Waals surface area contributed by atoms with Crippen molar-refractivity contribution in [3.8, 4) is 10.8 Å². The number of benzene rings is 2. The fourth-order valence-electron chi connectivity index (χ4n) is 2.92. The van der Waals surface area contributed by atoms with E-state index in [4.69, 9.17) is 4.42 Å². The zero-order chi connectivity index (χ0) is 17.9. The summed E-state index contributed by atoms with van der Waals surface area (Å²) < 4.78 is 5.34. The van der Waals surface area contributed by atoms with Gasteiger partial charge in [0, 0.05) is 5.38 Å². The largest absolute Gasteiger partial charge is 0.462 e. The van der Waals surface area contributed by atoms with Gasteiger partial charge in [-0.05, 0) is 41.5 Å². The molecule has 0 radical (unpaired) electrons. The number of rotatable bonds is 5. The van der Waals surface area contributed by atoms with Crippen LogP contribution < -0.4 is 5.32 Å². The predicted molar refractivity (Wildman–Crippen MR) is 104 cm³/mol. The molecule has 0 aliphatic heterocycles.